The van der Waals surface area contributed by atoms with E-state index in [0.717, 1.165) is 16.6 Å². The molecular weight excluding hydrogens is 647 g/mol. The van der Waals surface area contributed by atoms with Crippen molar-refractivity contribution in [1.29, 1.82) is 0 Å². The first kappa shape index (κ1) is 32.4. The second-order valence-corrected chi connectivity index (χ2v) is 12.3. The Balaban J connectivity index is 2.12. The number of sulfonamides is 1. The number of nitrogens with one attached hydrogen (secondary N) is 1. The zero-order chi connectivity index (χ0) is 30.4. The zero-order valence-corrected chi connectivity index (χ0v) is 25.3. The number of halogens is 5. The van der Waals surface area contributed by atoms with Crippen LogP contribution in [-0.4, -0.2) is 44.3 Å². The van der Waals surface area contributed by atoms with Gasteiger partial charge in [0.2, 0.25) is 11.8 Å². The van der Waals surface area contributed by atoms with Crippen LogP contribution >= 0.6 is 27.5 Å². The number of benzene rings is 3. The number of alkyl halides is 3. The number of nitrogens with zero attached hydrogens (tertiary/aromatic N) is 2. The third kappa shape index (κ3) is 8.23. The maximum absolute atomic E-state index is 13.9. The molecule has 0 aliphatic rings. The Labute approximate surface area is 250 Å². The van der Waals surface area contributed by atoms with Crippen LogP contribution in [0.3, 0.4) is 0 Å². The van der Waals surface area contributed by atoms with E-state index in [-0.39, 0.29) is 16.5 Å². The average Bonchev–Trinajstić information content (AvgIpc) is 2.93. The van der Waals surface area contributed by atoms with Crippen molar-refractivity contribution >= 4 is 55.1 Å². The SMILES string of the molecule is CCCNC(=O)[C@@H](C)N(Cc1cccc(Br)c1)C(=O)CN(c1cc(C(F)(F)F)ccc1Cl)S(=O)(=O)c1ccccc1. The lowest BCUT2D eigenvalue weighted by molar-refractivity contribution is -0.139. The van der Waals surface area contributed by atoms with Gasteiger partial charge < -0.3 is 10.2 Å². The van der Waals surface area contributed by atoms with Gasteiger partial charge in [0.15, 0.2) is 0 Å². The number of carbonyl (C=O) groups excluding carboxylic acids is 2. The minimum Gasteiger partial charge on any atom is -0.354 e. The molecule has 0 aliphatic heterocycles. The molecule has 1 atom stereocenters. The second-order valence-electron chi connectivity index (χ2n) is 9.11. The van der Waals surface area contributed by atoms with Gasteiger partial charge in [0.1, 0.15) is 12.6 Å². The summed E-state index contributed by atoms with van der Waals surface area (Å²) in [4.78, 5) is 27.7. The van der Waals surface area contributed by atoms with E-state index in [0.29, 0.717) is 28.9 Å². The van der Waals surface area contributed by atoms with Crippen LogP contribution in [0.25, 0.3) is 0 Å². The number of amides is 2. The Hall–Kier alpha value is -3.09. The van der Waals surface area contributed by atoms with Crippen LogP contribution in [0.4, 0.5) is 18.9 Å². The molecule has 3 aromatic carbocycles. The number of hydrogen-bond acceptors (Lipinski definition) is 4. The standard InChI is InChI=1S/C28H28BrClF3N3O4S/c1-3-14-34-27(38)19(2)35(17-20-8-7-9-22(29)15-20)26(37)18-36(41(39,40)23-10-5-4-6-11-23)25-16-21(28(31,32)33)12-13-24(25)30/h4-13,15-16,19H,3,14,17-18H2,1-2H3,(H,34,38)/t19-/m1/s1. The number of anilines is 1. The van der Waals surface area contributed by atoms with Crippen molar-refractivity contribution in [2.45, 2.75) is 43.9 Å². The molecule has 0 fully saturated rings. The average molecular weight is 675 g/mol. The normalized spacial score (nSPS) is 12.5. The number of hydrogen-bond donors (Lipinski definition) is 1. The smallest absolute Gasteiger partial charge is 0.354 e. The molecule has 0 aromatic heterocycles. The molecule has 0 radical (unpaired) electrons. The fourth-order valence-corrected chi connectivity index (χ4v) is 6.09. The van der Waals surface area contributed by atoms with E-state index >= 15 is 0 Å². The molecule has 0 saturated heterocycles. The quantitative estimate of drug-likeness (QED) is 0.260. The lowest BCUT2D eigenvalue weighted by Gasteiger charge is -2.32. The first-order chi connectivity index (χ1) is 19.3. The minimum atomic E-state index is -4.80. The molecule has 0 unspecified atom stereocenters. The third-order valence-electron chi connectivity index (χ3n) is 6.11. The molecule has 3 aromatic rings. The van der Waals surface area contributed by atoms with Crippen LogP contribution in [0.5, 0.6) is 0 Å². The summed E-state index contributed by atoms with van der Waals surface area (Å²) in [6.07, 6.45) is -4.15. The number of carbonyl (C=O) groups is 2. The summed E-state index contributed by atoms with van der Waals surface area (Å²) in [5, 5.41) is 2.41. The highest BCUT2D eigenvalue weighted by Gasteiger charge is 2.36. The predicted molar refractivity (Wildman–Crippen MR) is 155 cm³/mol. The molecule has 13 heteroatoms. The fourth-order valence-electron chi connectivity index (χ4n) is 3.92. The van der Waals surface area contributed by atoms with Gasteiger partial charge in [-0.3, -0.25) is 13.9 Å². The highest BCUT2D eigenvalue weighted by molar-refractivity contribution is 9.10. The third-order valence-corrected chi connectivity index (χ3v) is 8.70. The van der Waals surface area contributed by atoms with E-state index in [2.05, 4.69) is 21.2 Å². The van der Waals surface area contributed by atoms with E-state index < -0.39 is 51.9 Å². The van der Waals surface area contributed by atoms with E-state index in [9.17, 15) is 31.2 Å². The molecule has 220 valence electrons. The fraction of sp³-hybridized carbons (Fsp3) is 0.286. The van der Waals surface area contributed by atoms with Gasteiger partial charge >= 0.3 is 6.18 Å². The summed E-state index contributed by atoms with van der Waals surface area (Å²) in [5.74, 6) is -1.29. The van der Waals surface area contributed by atoms with Gasteiger partial charge in [-0.15, -0.1) is 0 Å². The maximum atomic E-state index is 13.9. The molecule has 0 spiro atoms. The van der Waals surface area contributed by atoms with Crippen molar-refractivity contribution in [2.75, 3.05) is 17.4 Å². The summed E-state index contributed by atoms with van der Waals surface area (Å²) in [5.41, 5.74) is -1.03. The van der Waals surface area contributed by atoms with E-state index in [1.807, 2.05) is 6.92 Å². The van der Waals surface area contributed by atoms with E-state index in [1.54, 1.807) is 30.3 Å². The van der Waals surface area contributed by atoms with Crippen LogP contribution in [-0.2, 0) is 32.3 Å². The first-order valence-corrected chi connectivity index (χ1v) is 15.1. The second kappa shape index (κ2) is 13.7. The van der Waals surface area contributed by atoms with Gasteiger partial charge in [-0.2, -0.15) is 13.2 Å². The molecule has 0 bridgehead atoms. The van der Waals surface area contributed by atoms with Crippen LogP contribution in [0.15, 0.2) is 82.2 Å². The highest BCUT2D eigenvalue weighted by atomic mass is 79.9. The molecule has 1 N–H and O–H groups in total. The monoisotopic (exact) mass is 673 g/mol. The van der Waals surface area contributed by atoms with Crippen LogP contribution in [0.1, 0.15) is 31.4 Å². The van der Waals surface area contributed by atoms with E-state index in [4.69, 9.17) is 11.6 Å². The Morgan fingerprint density at radius 3 is 2.32 bits per heavy atom. The summed E-state index contributed by atoms with van der Waals surface area (Å²) in [6, 6.07) is 15.2. The summed E-state index contributed by atoms with van der Waals surface area (Å²) < 4.78 is 69.7. The van der Waals surface area contributed by atoms with Gasteiger partial charge in [0.25, 0.3) is 10.0 Å². The Morgan fingerprint density at radius 1 is 1.02 bits per heavy atom. The first-order valence-electron chi connectivity index (χ1n) is 12.5. The zero-order valence-electron chi connectivity index (χ0n) is 22.2. The van der Waals surface area contributed by atoms with Gasteiger partial charge in [-0.25, -0.2) is 8.42 Å². The summed E-state index contributed by atoms with van der Waals surface area (Å²) in [7, 11) is -4.58. The molecule has 0 aliphatic carbocycles. The van der Waals surface area contributed by atoms with Gasteiger partial charge in [-0.05, 0) is 61.4 Å². The molecule has 3 rings (SSSR count). The van der Waals surface area contributed by atoms with Crippen LogP contribution < -0.4 is 9.62 Å². The molecule has 0 heterocycles. The number of rotatable bonds is 11. The van der Waals surface area contributed by atoms with Gasteiger partial charge in [0, 0.05) is 17.6 Å². The molecule has 2 amide bonds. The van der Waals surface area contributed by atoms with E-state index in [1.165, 1.54) is 36.1 Å². The Morgan fingerprint density at radius 2 is 1.71 bits per heavy atom. The van der Waals surface area contributed by atoms with Crippen LogP contribution in [0, 0.1) is 0 Å². The Bertz CT molecular complexity index is 1490. The molecule has 0 saturated carbocycles. The van der Waals surface area contributed by atoms with Gasteiger partial charge in [0.05, 0.1) is 21.2 Å². The lowest BCUT2D eigenvalue weighted by atomic mass is 10.1. The molecule has 41 heavy (non-hydrogen) atoms. The van der Waals surface area contributed by atoms with Crippen molar-refractivity contribution < 1.29 is 31.2 Å². The van der Waals surface area contributed by atoms with Crippen LogP contribution in [0.2, 0.25) is 5.02 Å². The maximum Gasteiger partial charge on any atom is 0.416 e. The summed E-state index contributed by atoms with van der Waals surface area (Å²) in [6.45, 7) is 2.72. The van der Waals surface area contributed by atoms with Crippen molar-refractivity contribution in [3.05, 3.63) is 93.4 Å². The lowest BCUT2D eigenvalue weighted by Crippen LogP contribution is -2.51. The predicted octanol–water partition coefficient (Wildman–Crippen LogP) is 6.26. The van der Waals surface area contributed by atoms with Gasteiger partial charge in [-0.1, -0.05) is 64.8 Å². The molecule has 7 nitrogen and oxygen atoms in total. The van der Waals surface area contributed by atoms with Crippen molar-refractivity contribution in [3.8, 4) is 0 Å². The highest BCUT2D eigenvalue weighted by Crippen LogP contribution is 2.37. The summed E-state index contributed by atoms with van der Waals surface area (Å²) >= 11 is 9.61. The topological polar surface area (TPSA) is 86.8 Å². The minimum absolute atomic E-state index is 0.0749. The van der Waals surface area contributed by atoms with Crippen molar-refractivity contribution in [1.82, 2.24) is 10.2 Å². The molecular formula is C28H28BrClF3N3O4S. The Kier molecular flexibility index (Phi) is 10.8. The van der Waals surface area contributed by atoms with Crippen molar-refractivity contribution in [3.63, 3.8) is 0 Å². The van der Waals surface area contributed by atoms with Crippen molar-refractivity contribution in [2.24, 2.45) is 0 Å². The largest absolute Gasteiger partial charge is 0.416 e.